The Labute approximate surface area is 98.3 Å². The Morgan fingerprint density at radius 3 is 2.47 bits per heavy atom. The number of aliphatic carboxylic acids is 1. The second kappa shape index (κ2) is 4.55. The van der Waals surface area contributed by atoms with Crippen molar-refractivity contribution in [2.24, 2.45) is 0 Å². The lowest BCUT2D eigenvalue weighted by molar-refractivity contribution is -0.141. The number of β-amino-alcohol motifs (C(OH)–C–C–N with tert-alkyl or cyclic N) is 1. The number of aliphatic hydroxyl groups excluding tert-OH is 1. The molecule has 1 aromatic rings. The van der Waals surface area contributed by atoms with Gasteiger partial charge in [0.1, 0.15) is 6.04 Å². The summed E-state index contributed by atoms with van der Waals surface area (Å²) in [6.07, 6.45) is -0.669. The SMILES string of the molecule is O=C(O)[C@H]1CC(O)CN1C(=O)c1ccccc1. The molecule has 0 aliphatic carbocycles. The van der Waals surface area contributed by atoms with E-state index in [9.17, 15) is 14.7 Å². The highest BCUT2D eigenvalue weighted by molar-refractivity contribution is 5.97. The van der Waals surface area contributed by atoms with Gasteiger partial charge in [-0.1, -0.05) is 18.2 Å². The molecule has 1 aromatic carbocycles. The van der Waals surface area contributed by atoms with Crippen molar-refractivity contribution in [3.05, 3.63) is 35.9 Å². The number of benzene rings is 1. The Bertz CT molecular complexity index is 431. The van der Waals surface area contributed by atoms with Crippen LogP contribution in [-0.4, -0.2) is 45.7 Å². The van der Waals surface area contributed by atoms with Crippen LogP contribution in [0.15, 0.2) is 30.3 Å². The van der Waals surface area contributed by atoms with Gasteiger partial charge in [-0.3, -0.25) is 4.79 Å². The smallest absolute Gasteiger partial charge is 0.326 e. The Morgan fingerprint density at radius 1 is 1.24 bits per heavy atom. The summed E-state index contributed by atoms with van der Waals surface area (Å²) in [4.78, 5) is 24.3. The predicted octanol–water partition coefficient (Wildman–Crippen LogP) is 0.347. The molecule has 1 amide bonds. The topological polar surface area (TPSA) is 77.8 Å². The predicted molar refractivity (Wildman–Crippen MR) is 59.5 cm³/mol. The van der Waals surface area contributed by atoms with E-state index >= 15 is 0 Å². The first-order valence-electron chi connectivity index (χ1n) is 5.36. The standard InChI is InChI=1S/C12H13NO4/c14-9-6-10(12(16)17)13(7-9)11(15)8-4-2-1-3-5-8/h1-5,9-10,14H,6-7H2,(H,16,17)/t9?,10-/m1/s1. The van der Waals surface area contributed by atoms with Gasteiger partial charge in [0.25, 0.3) is 5.91 Å². The number of rotatable bonds is 2. The van der Waals surface area contributed by atoms with Crippen LogP contribution in [0.3, 0.4) is 0 Å². The molecule has 1 unspecified atom stereocenters. The third kappa shape index (κ3) is 2.29. The van der Waals surface area contributed by atoms with Gasteiger partial charge in [-0.15, -0.1) is 0 Å². The van der Waals surface area contributed by atoms with E-state index in [0.717, 1.165) is 0 Å². The first kappa shape index (κ1) is 11.6. The Kier molecular flexibility index (Phi) is 3.10. The first-order valence-corrected chi connectivity index (χ1v) is 5.36. The number of amides is 1. The molecule has 1 aliphatic heterocycles. The zero-order valence-electron chi connectivity index (χ0n) is 9.11. The molecule has 5 heteroatoms. The molecular weight excluding hydrogens is 222 g/mol. The van der Waals surface area contributed by atoms with E-state index in [4.69, 9.17) is 5.11 Å². The molecule has 2 rings (SSSR count). The number of aliphatic hydroxyl groups is 1. The van der Waals surface area contributed by atoms with Crippen molar-refractivity contribution in [3.63, 3.8) is 0 Å². The van der Waals surface area contributed by atoms with Gasteiger partial charge in [0.15, 0.2) is 0 Å². The summed E-state index contributed by atoms with van der Waals surface area (Å²) in [7, 11) is 0. The number of carboxylic acid groups (broad SMARTS) is 1. The molecule has 5 nitrogen and oxygen atoms in total. The van der Waals surface area contributed by atoms with E-state index in [1.165, 1.54) is 4.90 Å². The second-order valence-electron chi connectivity index (χ2n) is 4.07. The maximum absolute atomic E-state index is 12.1. The number of carboxylic acids is 1. The van der Waals surface area contributed by atoms with Crippen molar-refractivity contribution in [2.45, 2.75) is 18.6 Å². The molecule has 2 atom stereocenters. The Morgan fingerprint density at radius 2 is 1.88 bits per heavy atom. The monoisotopic (exact) mass is 235 g/mol. The van der Waals surface area contributed by atoms with E-state index in [2.05, 4.69) is 0 Å². The van der Waals surface area contributed by atoms with Crippen LogP contribution in [0.5, 0.6) is 0 Å². The van der Waals surface area contributed by atoms with Gasteiger partial charge >= 0.3 is 5.97 Å². The van der Waals surface area contributed by atoms with Crippen LogP contribution in [0.1, 0.15) is 16.8 Å². The summed E-state index contributed by atoms with van der Waals surface area (Å²) in [5, 5.41) is 18.4. The highest BCUT2D eigenvalue weighted by atomic mass is 16.4. The molecule has 1 aliphatic rings. The van der Waals surface area contributed by atoms with Gasteiger partial charge in [0.05, 0.1) is 6.10 Å². The van der Waals surface area contributed by atoms with Crippen molar-refractivity contribution >= 4 is 11.9 Å². The van der Waals surface area contributed by atoms with Crippen LogP contribution in [0.4, 0.5) is 0 Å². The summed E-state index contributed by atoms with van der Waals surface area (Å²) < 4.78 is 0. The van der Waals surface area contributed by atoms with E-state index in [-0.39, 0.29) is 18.9 Å². The second-order valence-corrected chi connectivity index (χ2v) is 4.07. The maximum atomic E-state index is 12.1. The van der Waals surface area contributed by atoms with Crippen molar-refractivity contribution in [1.29, 1.82) is 0 Å². The number of likely N-dealkylation sites (tertiary alicyclic amines) is 1. The Balaban J connectivity index is 2.22. The number of carbonyl (C=O) groups is 2. The lowest BCUT2D eigenvalue weighted by Gasteiger charge is -2.21. The number of hydrogen-bond acceptors (Lipinski definition) is 3. The van der Waals surface area contributed by atoms with Crippen LogP contribution in [0.25, 0.3) is 0 Å². The van der Waals surface area contributed by atoms with Crippen molar-refractivity contribution < 1.29 is 19.8 Å². The molecule has 0 aromatic heterocycles. The molecule has 0 bridgehead atoms. The fraction of sp³-hybridized carbons (Fsp3) is 0.333. The van der Waals surface area contributed by atoms with E-state index < -0.39 is 18.1 Å². The lowest BCUT2D eigenvalue weighted by Crippen LogP contribution is -2.40. The summed E-state index contributed by atoms with van der Waals surface area (Å²) in [5.74, 6) is -1.43. The summed E-state index contributed by atoms with van der Waals surface area (Å²) >= 11 is 0. The molecule has 1 fully saturated rings. The molecule has 1 saturated heterocycles. The Hall–Kier alpha value is -1.88. The summed E-state index contributed by atoms with van der Waals surface area (Å²) in [6, 6.07) is 7.55. The molecule has 0 saturated carbocycles. The average Bonchev–Trinajstić information content (AvgIpc) is 2.72. The summed E-state index contributed by atoms with van der Waals surface area (Å²) in [6.45, 7) is 0.0741. The van der Waals surface area contributed by atoms with Gasteiger partial charge in [-0.25, -0.2) is 4.79 Å². The zero-order valence-corrected chi connectivity index (χ0v) is 9.11. The first-order chi connectivity index (χ1) is 8.09. The van der Waals surface area contributed by atoms with Gasteiger partial charge in [0.2, 0.25) is 0 Å². The van der Waals surface area contributed by atoms with E-state index in [0.29, 0.717) is 5.56 Å². The lowest BCUT2D eigenvalue weighted by atomic mass is 10.1. The molecule has 17 heavy (non-hydrogen) atoms. The minimum Gasteiger partial charge on any atom is -0.480 e. The van der Waals surface area contributed by atoms with E-state index in [1.807, 2.05) is 0 Å². The van der Waals surface area contributed by atoms with Crippen LogP contribution in [0, 0.1) is 0 Å². The average molecular weight is 235 g/mol. The van der Waals surface area contributed by atoms with Crippen molar-refractivity contribution in [2.75, 3.05) is 6.54 Å². The normalized spacial score (nSPS) is 23.7. The number of nitrogens with zero attached hydrogens (tertiary/aromatic N) is 1. The van der Waals surface area contributed by atoms with Gasteiger partial charge in [-0.2, -0.15) is 0 Å². The van der Waals surface area contributed by atoms with Crippen LogP contribution in [0.2, 0.25) is 0 Å². The zero-order chi connectivity index (χ0) is 12.4. The fourth-order valence-corrected chi connectivity index (χ4v) is 2.02. The largest absolute Gasteiger partial charge is 0.480 e. The molecular formula is C12H13NO4. The molecule has 2 N–H and O–H groups in total. The molecule has 0 radical (unpaired) electrons. The van der Waals surface area contributed by atoms with Crippen molar-refractivity contribution in [3.8, 4) is 0 Å². The van der Waals surface area contributed by atoms with Crippen molar-refractivity contribution in [1.82, 2.24) is 4.90 Å². The van der Waals surface area contributed by atoms with Gasteiger partial charge in [-0.05, 0) is 12.1 Å². The minimum absolute atomic E-state index is 0.0741. The maximum Gasteiger partial charge on any atom is 0.326 e. The quantitative estimate of drug-likeness (QED) is 0.775. The summed E-state index contributed by atoms with van der Waals surface area (Å²) in [5.41, 5.74) is 0.438. The van der Waals surface area contributed by atoms with Crippen LogP contribution in [-0.2, 0) is 4.79 Å². The third-order valence-electron chi connectivity index (χ3n) is 2.85. The molecule has 0 spiro atoms. The van der Waals surface area contributed by atoms with Gasteiger partial charge in [0, 0.05) is 18.5 Å². The number of hydrogen-bond donors (Lipinski definition) is 2. The molecule has 90 valence electrons. The number of carbonyl (C=O) groups excluding carboxylic acids is 1. The van der Waals surface area contributed by atoms with Crippen LogP contribution < -0.4 is 0 Å². The minimum atomic E-state index is -1.08. The highest BCUT2D eigenvalue weighted by Gasteiger charge is 2.39. The molecule has 1 heterocycles. The fourth-order valence-electron chi connectivity index (χ4n) is 2.02. The van der Waals surface area contributed by atoms with Gasteiger partial charge < -0.3 is 15.1 Å². The third-order valence-corrected chi connectivity index (χ3v) is 2.85. The highest BCUT2D eigenvalue weighted by Crippen LogP contribution is 2.20. The van der Waals surface area contributed by atoms with E-state index in [1.54, 1.807) is 30.3 Å². The van der Waals surface area contributed by atoms with Crippen LogP contribution >= 0.6 is 0 Å².